The third-order valence-electron chi connectivity index (χ3n) is 4.64. The van der Waals surface area contributed by atoms with Crippen LogP contribution < -0.4 is 15.8 Å². The quantitative estimate of drug-likeness (QED) is 0.685. The first kappa shape index (κ1) is 19.9. The number of amides is 1. The molecule has 0 spiro atoms. The molecule has 1 aromatic rings. The molecule has 0 aromatic heterocycles. The van der Waals surface area contributed by atoms with Gasteiger partial charge in [0.05, 0.1) is 4.90 Å². The molecule has 4 N–H and O–H groups in total. The Balaban J connectivity index is 2.02. The van der Waals surface area contributed by atoms with Crippen molar-refractivity contribution in [3.05, 3.63) is 29.8 Å². The Morgan fingerprint density at radius 2 is 1.84 bits per heavy atom. The molecule has 2 unspecified atom stereocenters. The monoisotopic (exact) mass is 367 g/mol. The van der Waals surface area contributed by atoms with E-state index in [-0.39, 0.29) is 22.8 Å². The van der Waals surface area contributed by atoms with Crippen LogP contribution in [0.2, 0.25) is 0 Å². The molecular formula is C18H29N3O3S. The van der Waals surface area contributed by atoms with Crippen molar-refractivity contribution in [3.63, 3.8) is 0 Å². The number of rotatable bonds is 7. The molecule has 6 nitrogen and oxygen atoms in total. The van der Waals surface area contributed by atoms with Gasteiger partial charge in [-0.25, -0.2) is 13.1 Å². The number of nitrogens with one attached hydrogen (secondary N) is 2. The normalized spacial score (nSPS) is 21.3. The Kier molecular flexibility index (Phi) is 6.98. The summed E-state index contributed by atoms with van der Waals surface area (Å²) < 4.78 is 26.9. The predicted octanol–water partition coefficient (Wildman–Crippen LogP) is 1.87. The summed E-state index contributed by atoms with van der Waals surface area (Å²) in [6.07, 6.45) is 4.24. The van der Waals surface area contributed by atoms with E-state index in [1.807, 2.05) is 13.8 Å². The number of hydrogen-bond acceptors (Lipinski definition) is 4. The smallest absolute Gasteiger partial charge is 0.251 e. The van der Waals surface area contributed by atoms with Gasteiger partial charge in [0.25, 0.3) is 5.91 Å². The lowest BCUT2D eigenvalue weighted by Crippen LogP contribution is -2.44. The number of carbonyl (C=O) groups is 1. The average Bonchev–Trinajstić information content (AvgIpc) is 2.60. The summed E-state index contributed by atoms with van der Waals surface area (Å²) in [5, 5.41) is 3.05. The van der Waals surface area contributed by atoms with Gasteiger partial charge >= 0.3 is 0 Å². The first-order valence-electron chi connectivity index (χ1n) is 8.94. The SMILES string of the molecule is CC(C)CNS(=O)(=O)c1ccc(C(=O)NC2CCCCC2CN)cc1. The average molecular weight is 368 g/mol. The molecule has 1 saturated carbocycles. The molecule has 1 aliphatic rings. The maximum atomic E-state index is 12.4. The van der Waals surface area contributed by atoms with Gasteiger partial charge in [0.15, 0.2) is 0 Å². The van der Waals surface area contributed by atoms with Gasteiger partial charge in [-0.05, 0) is 55.5 Å². The van der Waals surface area contributed by atoms with Gasteiger partial charge < -0.3 is 11.1 Å². The lowest BCUT2D eigenvalue weighted by atomic mass is 9.84. The van der Waals surface area contributed by atoms with Crippen molar-refractivity contribution in [2.24, 2.45) is 17.6 Å². The lowest BCUT2D eigenvalue weighted by Gasteiger charge is -2.31. The van der Waals surface area contributed by atoms with Crippen LogP contribution in [0, 0.1) is 11.8 Å². The zero-order valence-corrected chi connectivity index (χ0v) is 15.8. The molecule has 2 atom stereocenters. The zero-order chi connectivity index (χ0) is 18.4. The van der Waals surface area contributed by atoms with Crippen molar-refractivity contribution in [2.45, 2.75) is 50.5 Å². The van der Waals surface area contributed by atoms with Gasteiger partial charge in [0.1, 0.15) is 0 Å². The van der Waals surface area contributed by atoms with Crippen molar-refractivity contribution in [1.29, 1.82) is 0 Å². The van der Waals surface area contributed by atoms with Crippen molar-refractivity contribution < 1.29 is 13.2 Å². The molecule has 25 heavy (non-hydrogen) atoms. The van der Waals surface area contributed by atoms with E-state index in [2.05, 4.69) is 10.0 Å². The van der Waals surface area contributed by atoms with E-state index in [0.29, 0.717) is 24.6 Å². The molecule has 0 heterocycles. The molecule has 0 saturated heterocycles. The Bertz CT molecular complexity index is 671. The minimum atomic E-state index is -3.54. The number of nitrogens with two attached hydrogens (primary N) is 1. The molecule has 1 aliphatic carbocycles. The standard InChI is InChI=1S/C18H29N3O3S/c1-13(2)12-20-25(23,24)16-9-7-14(8-10-16)18(22)21-17-6-4-3-5-15(17)11-19/h7-10,13,15,17,20H,3-6,11-12,19H2,1-2H3,(H,21,22). The van der Waals surface area contributed by atoms with Crippen LogP contribution in [0.3, 0.4) is 0 Å². The topological polar surface area (TPSA) is 101 Å². The largest absolute Gasteiger partial charge is 0.349 e. The van der Waals surface area contributed by atoms with E-state index in [4.69, 9.17) is 5.73 Å². The van der Waals surface area contributed by atoms with Crippen molar-refractivity contribution >= 4 is 15.9 Å². The molecule has 1 fully saturated rings. The lowest BCUT2D eigenvalue weighted by molar-refractivity contribution is 0.0908. The maximum absolute atomic E-state index is 12.4. The number of hydrogen-bond donors (Lipinski definition) is 3. The number of carbonyl (C=O) groups excluding carboxylic acids is 1. The fourth-order valence-electron chi connectivity index (χ4n) is 3.08. The minimum absolute atomic E-state index is 0.0994. The van der Waals surface area contributed by atoms with Crippen LogP contribution in [-0.4, -0.2) is 33.5 Å². The number of sulfonamides is 1. The van der Waals surface area contributed by atoms with Gasteiger partial charge in [-0.15, -0.1) is 0 Å². The second-order valence-electron chi connectivity index (χ2n) is 7.13. The Morgan fingerprint density at radius 1 is 1.20 bits per heavy atom. The highest BCUT2D eigenvalue weighted by molar-refractivity contribution is 7.89. The van der Waals surface area contributed by atoms with E-state index < -0.39 is 10.0 Å². The van der Waals surface area contributed by atoms with Crippen LogP contribution in [-0.2, 0) is 10.0 Å². The van der Waals surface area contributed by atoms with Crippen molar-refractivity contribution in [3.8, 4) is 0 Å². The summed E-state index contributed by atoms with van der Waals surface area (Å²) in [4.78, 5) is 12.6. The highest BCUT2D eigenvalue weighted by Crippen LogP contribution is 2.24. The van der Waals surface area contributed by atoms with E-state index in [0.717, 1.165) is 25.7 Å². The van der Waals surface area contributed by atoms with Gasteiger partial charge in [-0.2, -0.15) is 0 Å². The molecule has 0 radical (unpaired) electrons. The first-order chi connectivity index (χ1) is 11.8. The first-order valence-corrected chi connectivity index (χ1v) is 10.4. The second kappa shape index (κ2) is 8.78. The zero-order valence-electron chi connectivity index (χ0n) is 15.0. The van der Waals surface area contributed by atoms with Gasteiger partial charge in [0, 0.05) is 18.2 Å². The fraction of sp³-hybridized carbons (Fsp3) is 0.611. The van der Waals surface area contributed by atoms with E-state index in [1.165, 1.54) is 12.1 Å². The molecule has 0 aliphatic heterocycles. The molecule has 2 rings (SSSR count). The van der Waals surface area contributed by atoms with Crippen molar-refractivity contribution in [1.82, 2.24) is 10.0 Å². The van der Waals surface area contributed by atoms with E-state index >= 15 is 0 Å². The molecular weight excluding hydrogens is 338 g/mol. The van der Waals surface area contributed by atoms with Crippen LogP contribution in [0.4, 0.5) is 0 Å². The predicted molar refractivity (Wildman–Crippen MR) is 98.7 cm³/mol. The van der Waals surface area contributed by atoms with Crippen LogP contribution >= 0.6 is 0 Å². The summed E-state index contributed by atoms with van der Waals surface area (Å²) in [5.74, 6) is 0.368. The molecule has 0 bridgehead atoms. The minimum Gasteiger partial charge on any atom is -0.349 e. The summed E-state index contributed by atoms with van der Waals surface area (Å²) in [6.45, 7) is 4.84. The van der Waals surface area contributed by atoms with Crippen LogP contribution in [0.15, 0.2) is 29.2 Å². The fourth-order valence-corrected chi connectivity index (χ4v) is 4.29. The van der Waals surface area contributed by atoms with Gasteiger partial charge in [-0.3, -0.25) is 4.79 Å². The Hall–Kier alpha value is -1.44. The third kappa shape index (κ3) is 5.52. The molecule has 1 amide bonds. The second-order valence-corrected chi connectivity index (χ2v) is 8.90. The van der Waals surface area contributed by atoms with Crippen LogP contribution in [0.5, 0.6) is 0 Å². The van der Waals surface area contributed by atoms with Crippen LogP contribution in [0.1, 0.15) is 49.9 Å². The summed E-state index contributed by atoms with van der Waals surface area (Å²) in [5.41, 5.74) is 6.26. The summed E-state index contributed by atoms with van der Waals surface area (Å²) in [6, 6.07) is 6.15. The highest BCUT2D eigenvalue weighted by Gasteiger charge is 2.25. The summed E-state index contributed by atoms with van der Waals surface area (Å²) in [7, 11) is -3.54. The molecule has 140 valence electrons. The van der Waals surface area contributed by atoms with E-state index in [9.17, 15) is 13.2 Å². The third-order valence-corrected chi connectivity index (χ3v) is 6.08. The van der Waals surface area contributed by atoms with Crippen molar-refractivity contribution in [2.75, 3.05) is 13.1 Å². The summed E-state index contributed by atoms with van der Waals surface area (Å²) >= 11 is 0. The number of benzene rings is 1. The van der Waals surface area contributed by atoms with Gasteiger partial charge in [-0.1, -0.05) is 26.7 Å². The Labute approximate surface area is 150 Å². The van der Waals surface area contributed by atoms with Crippen LogP contribution in [0.25, 0.3) is 0 Å². The van der Waals surface area contributed by atoms with Gasteiger partial charge in [0.2, 0.25) is 10.0 Å². The molecule has 1 aromatic carbocycles. The maximum Gasteiger partial charge on any atom is 0.251 e. The molecule has 7 heteroatoms. The highest BCUT2D eigenvalue weighted by atomic mass is 32.2. The van der Waals surface area contributed by atoms with E-state index in [1.54, 1.807) is 12.1 Å². The Morgan fingerprint density at radius 3 is 2.44 bits per heavy atom.